The molecule has 110 valence electrons. The van der Waals surface area contributed by atoms with E-state index in [1.807, 2.05) is 24.3 Å². The molecule has 4 heteroatoms. The van der Waals surface area contributed by atoms with Gasteiger partial charge in [-0.3, -0.25) is 4.79 Å². The molecule has 1 aromatic rings. The second kappa shape index (κ2) is 6.75. The Kier molecular flexibility index (Phi) is 5.01. The summed E-state index contributed by atoms with van der Waals surface area (Å²) in [6.45, 7) is 5.01. The lowest BCUT2D eigenvalue weighted by Gasteiger charge is -2.23. The van der Waals surface area contributed by atoms with Gasteiger partial charge in [0.25, 0.3) is 5.91 Å². The third-order valence-electron chi connectivity index (χ3n) is 3.80. The summed E-state index contributed by atoms with van der Waals surface area (Å²) in [5.41, 5.74) is 1.11. The first-order valence-electron chi connectivity index (χ1n) is 7.25. The molecule has 1 aliphatic heterocycles. The zero-order chi connectivity index (χ0) is 14.5. The van der Waals surface area contributed by atoms with E-state index < -0.39 is 0 Å². The van der Waals surface area contributed by atoms with E-state index >= 15 is 0 Å². The van der Waals surface area contributed by atoms with E-state index in [0.29, 0.717) is 5.92 Å². The molecular formula is C16H23NO3. The van der Waals surface area contributed by atoms with E-state index in [4.69, 9.17) is 4.74 Å². The van der Waals surface area contributed by atoms with Gasteiger partial charge in [-0.2, -0.15) is 0 Å². The molecule has 0 bridgehead atoms. The van der Waals surface area contributed by atoms with Crippen LogP contribution in [-0.2, 0) is 4.79 Å². The van der Waals surface area contributed by atoms with Crippen LogP contribution < -0.4 is 4.74 Å². The fourth-order valence-electron chi connectivity index (χ4n) is 2.67. The van der Waals surface area contributed by atoms with Gasteiger partial charge < -0.3 is 14.7 Å². The van der Waals surface area contributed by atoms with Crippen LogP contribution in [0.25, 0.3) is 0 Å². The maximum Gasteiger partial charge on any atom is 0.260 e. The molecular weight excluding hydrogens is 254 g/mol. The van der Waals surface area contributed by atoms with Crippen molar-refractivity contribution in [2.75, 3.05) is 19.8 Å². The van der Waals surface area contributed by atoms with Crippen LogP contribution in [0, 0.1) is 0 Å². The van der Waals surface area contributed by atoms with Crippen molar-refractivity contribution < 1.29 is 14.6 Å². The number of ether oxygens (including phenoxy) is 1. The number of nitrogens with zero attached hydrogens (tertiary/aromatic N) is 1. The van der Waals surface area contributed by atoms with Gasteiger partial charge in [-0.05, 0) is 30.4 Å². The highest BCUT2D eigenvalue weighted by Gasteiger charge is 2.28. The summed E-state index contributed by atoms with van der Waals surface area (Å²) in [7, 11) is 0. The third kappa shape index (κ3) is 3.31. The highest BCUT2D eigenvalue weighted by Crippen LogP contribution is 2.26. The van der Waals surface area contributed by atoms with Crippen molar-refractivity contribution in [3.8, 4) is 5.75 Å². The largest absolute Gasteiger partial charge is 0.483 e. The van der Waals surface area contributed by atoms with Crippen LogP contribution in [0.3, 0.4) is 0 Å². The Morgan fingerprint density at radius 2 is 2.20 bits per heavy atom. The van der Waals surface area contributed by atoms with E-state index in [-0.39, 0.29) is 25.2 Å². The van der Waals surface area contributed by atoms with Crippen LogP contribution in [0.15, 0.2) is 24.3 Å². The fraction of sp³-hybridized carbons (Fsp3) is 0.562. The molecule has 0 aliphatic carbocycles. The summed E-state index contributed by atoms with van der Waals surface area (Å²) in [6.07, 6.45) is 1.84. The minimum atomic E-state index is -0.0416. The van der Waals surface area contributed by atoms with Crippen molar-refractivity contribution in [1.82, 2.24) is 4.90 Å². The lowest BCUT2D eigenvalue weighted by molar-refractivity contribution is -0.134. The molecule has 0 aromatic heterocycles. The number of hydrogen-bond acceptors (Lipinski definition) is 3. The van der Waals surface area contributed by atoms with Gasteiger partial charge in [0.1, 0.15) is 5.75 Å². The van der Waals surface area contributed by atoms with Crippen LogP contribution in [0.5, 0.6) is 5.75 Å². The van der Waals surface area contributed by atoms with Crippen LogP contribution in [0.1, 0.15) is 38.2 Å². The molecule has 1 aliphatic rings. The van der Waals surface area contributed by atoms with E-state index in [2.05, 4.69) is 13.8 Å². The number of para-hydroxylation sites is 1. The predicted molar refractivity (Wildman–Crippen MR) is 77.8 cm³/mol. The second-order valence-electron chi connectivity index (χ2n) is 5.55. The first-order valence-corrected chi connectivity index (χ1v) is 7.25. The van der Waals surface area contributed by atoms with E-state index in [1.165, 1.54) is 0 Å². The molecule has 0 spiro atoms. The summed E-state index contributed by atoms with van der Waals surface area (Å²) in [5, 5.41) is 9.25. The van der Waals surface area contributed by atoms with Gasteiger partial charge in [-0.25, -0.2) is 0 Å². The topological polar surface area (TPSA) is 49.8 Å². The number of carbonyl (C=O) groups is 1. The quantitative estimate of drug-likeness (QED) is 0.897. The lowest BCUT2D eigenvalue weighted by atomic mass is 10.0. The Morgan fingerprint density at radius 3 is 2.90 bits per heavy atom. The van der Waals surface area contributed by atoms with Gasteiger partial charge in [-0.15, -0.1) is 0 Å². The molecule has 1 N–H and O–H groups in total. The Labute approximate surface area is 120 Å². The number of aliphatic hydroxyl groups excluding tert-OH is 1. The van der Waals surface area contributed by atoms with Crippen LogP contribution in [0.4, 0.5) is 0 Å². The number of amides is 1. The number of likely N-dealkylation sites (tertiary alicyclic amines) is 1. The summed E-state index contributed by atoms with van der Waals surface area (Å²) >= 11 is 0. The van der Waals surface area contributed by atoms with Crippen molar-refractivity contribution in [2.45, 2.75) is 38.6 Å². The monoisotopic (exact) mass is 277 g/mol. The zero-order valence-corrected chi connectivity index (χ0v) is 12.2. The second-order valence-corrected chi connectivity index (χ2v) is 5.55. The number of carbonyl (C=O) groups excluding carboxylic acids is 1. The van der Waals surface area contributed by atoms with Gasteiger partial charge in [0.05, 0.1) is 12.6 Å². The zero-order valence-electron chi connectivity index (χ0n) is 12.2. The summed E-state index contributed by atoms with van der Waals surface area (Å²) in [6, 6.07) is 7.78. The molecule has 0 saturated carbocycles. The lowest BCUT2D eigenvalue weighted by Crippen LogP contribution is -2.40. The molecule has 4 nitrogen and oxygen atoms in total. The molecule has 1 fully saturated rings. The molecule has 0 radical (unpaired) electrons. The number of aliphatic hydroxyl groups is 1. The third-order valence-corrected chi connectivity index (χ3v) is 3.80. The van der Waals surface area contributed by atoms with E-state index in [0.717, 1.165) is 30.7 Å². The average molecular weight is 277 g/mol. The van der Waals surface area contributed by atoms with Gasteiger partial charge in [0.15, 0.2) is 6.61 Å². The van der Waals surface area contributed by atoms with Gasteiger partial charge in [-0.1, -0.05) is 32.0 Å². The Hall–Kier alpha value is -1.55. The molecule has 1 amide bonds. The normalized spacial score (nSPS) is 18.6. The van der Waals surface area contributed by atoms with Crippen molar-refractivity contribution in [1.29, 1.82) is 0 Å². The highest BCUT2D eigenvalue weighted by atomic mass is 16.5. The van der Waals surface area contributed by atoms with E-state index in [9.17, 15) is 9.90 Å². The summed E-state index contributed by atoms with van der Waals surface area (Å²) < 4.78 is 5.69. The minimum absolute atomic E-state index is 0.0357. The Bertz CT molecular complexity index is 459. The molecule has 2 rings (SSSR count). The van der Waals surface area contributed by atoms with Crippen LogP contribution in [0.2, 0.25) is 0 Å². The average Bonchev–Trinajstić information content (AvgIpc) is 2.93. The van der Waals surface area contributed by atoms with Gasteiger partial charge in [0.2, 0.25) is 0 Å². The first kappa shape index (κ1) is 14.9. The number of benzene rings is 1. The number of rotatable bonds is 5. The van der Waals surface area contributed by atoms with Crippen LogP contribution >= 0.6 is 0 Å². The summed E-state index contributed by atoms with van der Waals surface area (Å²) in [5.74, 6) is 1.09. The first-order chi connectivity index (χ1) is 9.63. The van der Waals surface area contributed by atoms with E-state index in [1.54, 1.807) is 4.90 Å². The Balaban J connectivity index is 1.97. The van der Waals surface area contributed by atoms with Gasteiger partial charge in [0, 0.05) is 6.54 Å². The minimum Gasteiger partial charge on any atom is -0.483 e. The molecule has 1 unspecified atom stereocenters. The van der Waals surface area contributed by atoms with Crippen LogP contribution in [-0.4, -0.2) is 41.7 Å². The fourth-order valence-corrected chi connectivity index (χ4v) is 2.67. The maximum atomic E-state index is 12.2. The molecule has 1 heterocycles. The molecule has 20 heavy (non-hydrogen) atoms. The molecule has 1 saturated heterocycles. The smallest absolute Gasteiger partial charge is 0.260 e. The summed E-state index contributed by atoms with van der Waals surface area (Å²) in [4.78, 5) is 13.9. The SMILES string of the molecule is CC(C)c1ccccc1OCC(=O)N1CCCC1CO. The maximum absolute atomic E-state index is 12.2. The van der Waals surface area contributed by atoms with Crippen molar-refractivity contribution in [3.05, 3.63) is 29.8 Å². The highest BCUT2D eigenvalue weighted by molar-refractivity contribution is 5.78. The Morgan fingerprint density at radius 1 is 1.45 bits per heavy atom. The van der Waals surface area contributed by atoms with Gasteiger partial charge >= 0.3 is 0 Å². The van der Waals surface area contributed by atoms with Crippen molar-refractivity contribution in [3.63, 3.8) is 0 Å². The molecule has 1 aromatic carbocycles. The standard InChI is InChI=1S/C16H23NO3/c1-12(2)14-7-3-4-8-15(14)20-11-16(19)17-9-5-6-13(17)10-18/h3-4,7-8,12-13,18H,5-6,9-11H2,1-2H3. The number of hydrogen-bond donors (Lipinski definition) is 1. The molecule has 1 atom stereocenters. The predicted octanol–water partition coefficient (Wildman–Crippen LogP) is 2.17. The van der Waals surface area contributed by atoms with Crippen molar-refractivity contribution >= 4 is 5.91 Å². The van der Waals surface area contributed by atoms with Crippen molar-refractivity contribution in [2.24, 2.45) is 0 Å².